The lowest BCUT2D eigenvalue weighted by Crippen LogP contribution is -2.62. The van der Waals surface area contributed by atoms with Crippen molar-refractivity contribution in [2.75, 3.05) is 13.7 Å². The van der Waals surface area contributed by atoms with Crippen LogP contribution in [0.25, 0.3) is 6.08 Å². The summed E-state index contributed by atoms with van der Waals surface area (Å²) >= 11 is 6.30. The van der Waals surface area contributed by atoms with Gasteiger partial charge < -0.3 is 4.74 Å². The van der Waals surface area contributed by atoms with E-state index in [0.717, 1.165) is 25.7 Å². The van der Waals surface area contributed by atoms with Crippen LogP contribution in [0.2, 0.25) is 0 Å². The second-order valence-corrected chi connectivity index (χ2v) is 7.25. The third kappa shape index (κ3) is 2.51. The molecule has 1 fully saturated rings. The highest BCUT2D eigenvalue weighted by Gasteiger charge is 2.44. The molecule has 1 saturated carbocycles. The quantitative estimate of drug-likeness (QED) is 0.756. The molecule has 4 rings (SSSR count). The van der Waals surface area contributed by atoms with Crippen LogP contribution in [0.4, 0.5) is 4.79 Å². The maximum absolute atomic E-state index is 13.2. The standard InChI is InChI=1S/C19H21ClN3O3/c1-3-22-18(24)14-10-21-16-13(8-11(20)9-15(16)26-2)17(14)23(19(22)25)12-6-4-5-7-12/h8-10,12,15H,3-7H2,1-2H3/q+1. The van der Waals surface area contributed by atoms with Crippen LogP contribution in [0.15, 0.2) is 17.3 Å². The first-order chi connectivity index (χ1) is 12.6. The van der Waals surface area contributed by atoms with Gasteiger partial charge >= 0.3 is 11.9 Å². The van der Waals surface area contributed by atoms with E-state index in [9.17, 15) is 9.59 Å². The number of methoxy groups -OCH3 is 1. The summed E-state index contributed by atoms with van der Waals surface area (Å²) in [6.45, 7) is 2.15. The van der Waals surface area contributed by atoms with E-state index in [1.807, 2.05) is 6.92 Å². The number of ether oxygens (including phenoxy) is 1. The SMILES string of the molecule is CCN1C(=O)c2cnc3c(c2=[N+](C2CCCC2)C1=O)=CC(Cl)=CC3OC. The van der Waals surface area contributed by atoms with Crippen molar-refractivity contribution in [3.8, 4) is 0 Å². The molecule has 136 valence electrons. The fourth-order valence-electron chi connectivity index (χ4n) is 4.14. The van der Waals surface area contributed by atoms with Crippen LogP contribution in [0.5, 0.6) is 0 Å². The predicted octanol–water partition coefficient (Wildman–Crippen LogP) is 1.72. The molecule has 1 unspecified atom stereocenters. The summed E-state index contributed by atoms with van der Waals surface area (Å²) in [4.78, 5) is 31.8. The number of nitrogens with zero attached hydrogens (tertiary/aromatic N) is 3. The molecule has 2 aliphatic carbocycles. The lowest BCUT2D eigenvalue weighted by Gasteiger charge is -2.24. The number of imide groups is 1. The first-order valence-corrected chi connectivity index (χ1v) is 9.37. The zero-order valence-electron chi connectivity index (χ0n) is 14.9. The first kappa shape index (κ1) is 17.4. The zero-order chi connectivity index (χ0) is 18.4. The maximum atomic E-state index is 13.2. The predicted molar refractivity (Wildman–Crippen MR) is 97.2 cm³/mol. The third-order valence-corrected chi connectivity index (χ3v) is 5.63. The lowest BCUT2D eigenvalue weighted by atomic mass is 10.0. The van der Waals surface area contributed by atoms with Crippen LogP contribution in [-0.2, 0) is 4.74 Å². The van der Waals surface area contributed by atoms with Crippen molar-refractivity contribution in [1.29, 1.82) is 0 Å². The van der Waals surface area contributed by atoms with Gasteiger partial charge in [-0.2, -0.15) is 14.3 Å². The first-order valence-electron chi connectivity index (χ1n) is 8.99. The molecule has 26 heavy (non-hydrogen) atoms. The highest BCUT2D eigenvalue weighted by atomic mass is 35.5. The molecule has 0 N–H and O–H groups in total. The molecular formula is C19H21ClN3O3+. The molecule has 6 nitrogen and oxygen atoms in total. The van der Waals surface area contributed by atoms with Gasteiger partial charge in [-0.1, -0.05) is 11.6 Å². The number of halogens is 1. The van der Waals surface area contributed by atoms with Crippen molar-refractivity contribution in [3.63, 3.8) is 0 Å². The minimum Gasteiger partial charge on any atom is -0.371 e. The van der Waals surface area contributed by atoms with E-state index in [0.29, 0.717) is 33.4 Å². The Balaban J connectivity index is 2.12. The number of allylic oxidation sites excluding steroid dienone is 1. The Hall–Kier alpha value is -2.05. The average Bonchev–Trinajstić information content (AvgIpc) is 3.15. The van der Waals surface area contributed by atoms with Gasteiger partial charge in [0, 0.05) is 23.6 Å². The average molecular weight is 375 g/mol. The molecular weight excluding hydrogens is 354 g/mol. The molecule has 0 radical (unpaired) electrons. The molecule has 1 aliphatic heterocycles. The highest BCUT2D eigenvalue weighted by Crippen LogP contribution is 2.24. The number of amides is 3. The topological polar surface area (TPSA) is 62.5 Å². The summed E-state index contributed by atoms with van der Waals surface area (Å²) in [5, 5.41) is 1.87. The van der Waals surface area contributed by atoms with Crippen molar-refractivity contribution < 1.29 is 14.3 Å². The number of fused-ring (bicyclic) bond motifs is 3. The van der Waals surface area contributed by atoms with E-state index in [1.54, 1.807) is 30.0 Å². The van der Waals surface area contributed by atoms with Crippen LogP contribution in [0, 0.1) is 0 Å². The van der Waals surface area contributed by atoms with Gasteiger partial charge in [0.2, 0.25) is 0 Å². The molecule has 0 aromatic carbocycles. The van der Waals surface area contributed by atoms with Crippen LogP contribution >= 0.6 is 11.6 Å². The van der Waals surface area contributed by atoms with E-state index < -0.39 is 6.10 Å². The fraction of sp³-hybridized carbons (Fsp3) is 0.474. The highest BCUT2D eigenvalue weighted by molar-refractivity contribution is 6.34. The monoisotopic (exact) mass is 374 g/mol. The molecule has 0 spiro atoms. The van der Waals surface area contributed by atoms with Gasteiger partial charge in [-0.15, -0.1) is 0 Å². The fourth-order valence-corrected chi connectivity index (χ4v) is 4.37. The number of hydrogen-bond acceptors (Lipinski definition) is 4. The van der Waals surface area contributed by atoms with E-state index in [2.05, 4.69) is 4.98 Å². The Morgan fingerprint density at radius 3 is 2.73 bits per heavy atom. The van der Waals surface area contributed by atoms with Gasteiger partial charge in [-0.05, 0) is 44.8 Å². The third-order valence-electron chi connectivity index (χ3n) is 5.39. The van der Waals surface area contributed by atoms with Crippen LogP contribution in [-0.4, -0.2) is 41.5 Å². The van der Waals surface area contributed by atoms with Gasteiger partial charge in [-0.3, -0.25) is 4.98 Å². The Morgan fingerprint density at radius 1 is 1.35 bits per heavy atom. The second kappa shape index (κ2) is 6.59. The number of carbonyl (C=O) groups is 2. The smallest absolute Gasteiger partial charge is 0.371 e. The molecule has 0 saturated heterocycles. The summed E-state index contributed by atoms with van der Waals surface area (Å²) < 4.78 is 7.29. The second-order valence-electron chi connectivity index (χ2n) is 6.81. The molecule has 3 aliphatic rings. The summed E-state index contributed by atoms with van der Waals surface area (Å²) in [6.07, 6.45) is 8.77. The molecule has 1 atom stereocenters. The largest absolute Gasteiger partial charge is 0.501 e. The van der Waals surface area contributed by atoms with Gasteiger partial charge in [0.15, 0.2) is 5.36 Å². The molecule has 3 amide bonds. The number of pyridine rings is 1. The Labute approximate surface area is 156 Å². The Bertz CT molecular complexity index is 948. The summed E-state index contributed by atoms with van der Waals surface area (Å²) in [5.41, 5.74) is 1.14. The molecule has 7 heteroatoms. The number of aromatic nitrogens is 1. The molecule has 2 heterocycles. The van der Waals surface area contributed by atoms with Crippen molar-refractivity contribution in [2.45, 2.75) is 44.8 Å². The van der Waals surface area contributed by atoms with Crippen LogP contribution in [0.3, 0.4) is 0 Å². The van der Waals surface area contributed by atoms with E-state index in [1.165, 1.54) is 4.90 Å². The van der Waals surface area contributed by atoms with Crippen molar-refractivity contribution >= 4 is 29.6 Å². The van der Waals surface area contributed by atoms with Crippen LogP contribution < -0.4 is 15.2 Å². The summed E-state index contributed by atoms with van der Waals surface area (Å²) in [6, 6.07) is -0.160. The molecule has 0 bridgehead atoms. The number of carbonyl (C=O) groups excluding carboxylic acids is 2. The van der Waals surface area contributed by atoms with E-state index >= 15 is 0 Å². The minimum atomic E-state index is -0.396. The van der Waals surface area contributed by atoms with Crippen LogP contribution in [0.1, 0.15) is 54.8 Å². The van der Waals surface area contributed by atoms with E-state index in [-0.39, 0.29) is 18.0 Å². The lowest BCUT2D eigenvalue weighted by molar-refractivity contribution is 0.0777. The summed E-state index contributed by atoms with van der Waals surface area (Å²) in [7, 11) is 1.59. The number of rotatable bonds is 3. The normalized spacial score (nSPS) is 22.9. The zero-order valence-corrected chi connectivity index (χ0v) is 15.6. The number of urea groups is 1. The van der Waals surface area contributed by atoms with Crippen molar-refractivity contribution in [2.24, 2.45) is 0 Å². The number of hydrogen-bond donors (Lipinski definition) is 0. The summed E-state index contributed by atoms with van der Waals surface area (Å²) in [5.74, 6) is -0.301. The van der Waals surface area contributed by atoms with Gasteiger partial charge in [0.1, 0.15) is 17.7 Å². The van der Waals surface area contributed by atoms with Gasteiger partial charge in [0.25, 0.3) is 0 Å². The Morgan fingerprint density at radius 2 is 2.08 bits per heavy atom. The minimum absolute atomic E-state index is 0.0916. The molecule has 1 aromatic rings. The van der Waals surface area contributed by atoms with E-state index in [4.69, 9.17) is 16.3 Å². The van der Waals surface area contributed by atoms with Gasteiger partial charge in [-0.25, -0.2) is 4.79 Å². The Kier molecular flexibility index (Phi) is 4.40. The van der Waals surface area contributed by atoms with Gasteiger partial charge in [0.05, 0.1) is 12.2 Å². The maximum Gasteiger partial charge on any atom is 0.501 e. The van der Waals surface area contributed by atoms with Crippen molar-refractivity contribution in [3.05, 3.63) is 39.1 Å². The van der Waals surface area contributed by atoms with Crippen molar-refractivity contribution in [1.82, 2.24) is 14.5 Å². The molecule has 1 aromatic heterocycles.